The SMILES string of the molecule is COc1ccc(OC)c(-c2cc(C(=O)NCc3cc(-c4ccccn4)nn3C)n(C)n2)c1. The largest absolute Gasteiger partial charge is 0.497 e. The molecule has 1 aromatic carbocycles. The molecule has 164 valence electrons. The highest BCUT2D eigenvalue weighted by molar-refractivity contribution is 5.94. The second-order valence-corrected chi connectivity index (χ2v) is 7.15. The lowest BCUT2D eigenvalue weighted by Gasteiger charge is -2.08. The average molecular weight is 432 g/mol. The maximum atomic E-state index is 12.9. The van der Waals surface area contributed by atoms with Crippen LogP contribution in [-0.4, -0.2) is 44.7 Å². The highest BCUT2D eigenvalue weighted by Gasteiger charge is 2.18. The van der Waals surface area contributed by atoms with Crippen molar-refractivity contribution >= 4 is 5.91 Å². The zero-order valence-electron chi connectivity index (χ0n) is 18.4. The van der Waals surface area contributed by atoms with Crippen molar-refractivity contribution in [3.8, 4) is 34.1 Å². The minimum Gasteiger partial charge on any atom is -0.497 e. The van der Waals surface area contributed by atoms with Gasteiger partial charge >= 0.3 is 0 Å². The standard InChI is InChI=1S/C23H24N6O3/c1-28-15(11-20(27-28)18-7-5-6-10-24-18)14-25-23(30)21-13-19(26-29(21)2)17-12-16(31-3)8-9-22(17)32-4/h5-13H,14H2,1-4H3,(H,25,30). The minimum absolute atomic E-state index is 0.242. The lowest BCUT2D eigenvalue weighted by Crippen LogP contribution is -2.26. The molecule has 0 aliphatic rings. The van der Waals surface area contributed by atoms with Crippen LogP contribution in [-0.2, 0) is 20.6 Å². The predicted octanol–water partition coefficient (Wildman–Crippen LogP) is 2.83. The third kappa shape index (κ3) is 4.18. The summed E-state index contributed by atoms with van der Waals surface area (Å²) in [6, 6.07) is 14.8. The highest BCUT2D eigenvalue weighted by atomic mass is 16.5. The van der Waals surface area contributed by atoms with Crippen molar-refractivity contribution in [2.75, 3.05) is 14.2 Å². The fourth-order valence-electron chi connectivity index (χ4n) is 3.40. The van der Waals surface area contributed by atoms with Gasteiger partial charge in [0.15, 0.2) is 0 Å². The molecular formula is C23H24N6O3. The summed E-state index contributed by atoms with van der Waals surface area (Å²) in [5.41, 5.74) is 4.18. The van der Waals surface area contributed by atoms with Gasteiger partial charge in [-0.3, -0.25) is 19.1 Å². The number of nitrogens with zero attached hydrogens (tertiary/aromatic N) is 5. The molecule has 32 heavy (non-hydrogen) atoms. The minimum atomic E-state index is -0.242. The fraction of sp³-hybridized carbons (Fsp3) is 0.217. The van der Waals surface area contributed by atoms with Gasteiger partial charge in [0, 0.05) is 25.9 Å². The summed E-state index contributed by atoms with van der Waals surface area (Å²) < 4.78 is 14.0. The van der Waals surface area contributed by atoms with Crippen molar-refractivity contribution in [1.29, 1.82) is 0 Å². The van der Waals surface area contributed by atoms with Crippen molar-refractivity contribution in [2.24, 2.45) is 14.1 Å². The first kappa shape index (κ1) is 21.1. The van der Waals surface area contributed by atoms with Crippen molar-refractivity contribution < 1.29 is 14.3 Å². The van der Waals surface area contributed by atoms with Crippen LogP contribution in [0.1, 0.15) is 16.2 Å². The van der Waals surface area contributed by atoms with Crippen LogP contribution in [0.15, 0.2) is 54.7 Å². The van der Waals surface area contributed by atoms with Crippen LogP contribution in [0.5, 0.6) is 11.5 Å². The molecule has 3 heterocycles. The number of aryl methyl sites for hydroxylation is 2. The molecule has 0 saturated heterocycles. The molecule has 1 N–H and O–H groups in total. The molecular weight excluding hydrogens is 408 g/mol. The lowest BCUT2D eigenvalue weighted by molar-refractivity contribution is 0.0940. The summed E-state index contributed by atoms with van der Waals surface area (Å²) in [7, 11) is 6.76. The Hall–Kier alpha value is -4.14. The first-order valence-corrected chi connectivity index (χ1v) is 9.99. The molecule has 4 rings (SSSR count). The number of rotatable bonds is 7. The Kier molecular flexibility index (Phi) is 5.89. The monoisotopic (exact) mass is 432 g/mol. The number of hydrogen-bond acceptors (Lipinski definition) is 6. The van der Waals surface area contributed by atoms with E-state index in [1.165, 1.54) is 0 Å². The molecule has 9 heteroatoms. The summed E-state index contributed by atoms with van der Waals surface area (Å²) in [4.78, 5) is 17.2. The second-order valence-electron chi connectivity index (χ2n) is 7.15. The van der Waals surface area contributed by atoms with E-state index in [9.17, 15) is 4.79 Å². The number of pyridine rings is 1. The third-order valence-electron chi connectivity index (χ3n) is 5.13. The molecule has 0 aliphatic heterocycles. The molecule has 0 fully saturated rings. The summed E-state index contributed by atoms with van der Waals surface area (Å²) in [6.07, 6.45) is 1.72. The molecule has 0 atom stereocenters. The number of hydrogen-bond donors (Lipinski definition) is 1. The average Bonchev–Trinajstić information content (AvgIpc) is 3.40. The van der Waals surface area contributed by atoms with Crippen LogP contribution in [0.4, 0.5) is 0 Å². The number of ether oxygens (including phenoxy) is 2. The van der Waals surface area contributed by atoms with E-state index in [2.05, 4.69) is 20.5 Å². The lowest BCUT2D eigenvalue weighted by atomic mass is 10.1. The van der Waals surface area contributed by atoms with Crippen molar-refractivity contribution in [2.45, 2.75) is 6.54 Å². The maximum Gasteiger partial charge on any atom is 0.269 e. The van der Waals surface area contributed by atoms with Gasteiger partial charge in [0.25, 0.3) is 5.91 Å². The zero-order valence-corrected chi connectivity index (χ0v) is 18.4. The number of carbonyl (C=O) groups excluding carboxylic acids is 1. The van der Waals surface area contributed by atoms with Crippen LogP contribution in [0.2, 0.25) is 0 Å². The van der Waals surface area contributed by atoms with Gasteiger partial charge in [-0.15, -0.1) is 0 Å². The van der Waals surface area contributed by atoms with Gasteiger partial charge in [-0.25, -0.2) is 0 Å². The molecule has 3 aromatic heterocycles. The van der Waals surface area contributed by atoms with E-state index < -0.39 is 0 Å². The first-order valence-electron chi connectivity index (χ1n) is 9.99. The van der Waals surface area contributed by atoms with Crippen LogP contribution >= 0.6 is 0 Å². The maximum absolute atomic E-state index is 12.9. The van der Waals surface area contributed by atoms with E-state index in [1.54, 1.807) is 42.9 Å². The third-order valence-corrected chi connectivity index (χ3v) is 5.13. The van der Waals surface area contributed by atoms with Gasteiger partial charge in [0.2, 0.25) is 0 Å². The fourth-order valence-corrected chi connectivity index (χ4v) is 3.40. The van der Waals surface area contributed by atoms with Gasteiger partial charge in [-0.05, 0) is 42.5 Å². The number of methoxy groups -OCH3 is 2. The van der Waals surface area contributed by atoms with Crippen LogP contribution in [0.3, 0.4) is 0 Å². The van der Waals surface area contributed by atoms with Crippen molar-refractivity contribution in [1.82, 2.24) is 29.9 Å². The molecule has 0 unspecified atom stereocenters. The Morgan fingerprint density at radius 1 is 0.938 bits per heavy atom. The first-order chi connectivity index (χ1) is 15.5. The Morgan fingerprint density at radius 2 is 1.75 bits per heavy atom. The summed E-state index contributed by atoms with van der Waals surface area (Å²) in [5.74, 6) is 1.08. The van der Waals surface area contributed by atoms with E-state index >= 15 is 0 Å². The topological polar surface area (TPSA) is 96.1 Å². The Labute approximate surface area is 185 Å². The quantitative estimate of drug-likeness (QED) is 0.482. The molecule has 0 radical (unpaired) electrons. The van der Waals surface area contributed by atoms with Crippen LogP contribution < -0.4 is 14.8 Å². The van der Waals surface area contributed by atoms with Gasteiger partial charge in [-0.1, -0.05) is 6.07 Å². The molecule has 9 nitrogen and oxygen atoms in total. The summed E-state index contributed by atoms with van der Waals surface area (Å²) >= 11 is 0. The molecule has 1 amide bonds. The summed E-state index contributed by atoms with van der Waals surface area (Å²) in [5, 5.41) is 11.9. The van der Waals surface area contributed by atoms with Gasteiger partial charge in [-0.2, -0.15) is 10.2 Å². The van der Waals surface area contributed by atoms with Crippen LogP contribution in [0, 0.1) is 0 Å². The molecule has 0 bridgehead atoms. The van der Waals surface area contributed by atoms with Crippen molar-refractivity contribution in [3.63, 3.8) is 0 Å². The van der Waals surface area contributed by atoms with Gasteiger partial charge in [0.1, 0.15) is 22.9 Å². The van der Waals surface area contributed by atoms with Crippen LogP contribution in [0.25, 0.3) is 22.6 Å². The van der Waals surface area contributed by atoms with E-state index in [-0.39, 0.29) is 5.91 Å². The smallest absolute Gasteiger partial charge is 0.269 e. The number of nitrogens with one attached hydrogen (secondary N) is 1. The molecule has 0 aliphatic carbocycles. The predicted molar refractivity (Wildman–Crippen MR) is 119 cm³/mol. The van der Waals surface area contributed by atoms with Crippen molar-refractivity contribution in [3.05, 3.63) is 66.1 Å². The van der Waals surface area contributed by atoms with E-state index in [1.807, 2.05) is 49.5 Å². The van der Waals surface area contributed by atoms with E-state index in [4.69, 9.17) is 9.47 Å². The Balaban J connectivity index is 1.52. The normalized spacial score (nSPS) is 10.8. The molecule has 0 spiro atoms. The number of benzene rings is 1. The molecule has 0 saturated carbocycles. The number of carbonyl (C=O) groups is 1. The van der Waals surface area contributed by atoms with E-state index in [0.717, 1.165) is 22.6 Å². The van der Waals surface area contributed by atoms with Gasteiger partial charge in [0.05, 0.1) is 37.8 Å². The second kappa shape index (κ2) is 8.93. The number of amides is 1. The van der Waals surface area contributed by atoms with Gasteiger partial charge < -0.3 is 14.8 Å². The zero-order chi connectivity index (χ0) is 22.7. The summed E-state index contributed by atoms with van der Waals surface area (Å²) in [6.45, 7) is 0.318. The number of aromatic nitrogens is 5. The molecule has 4 aromatic rings. The highest BCUT2D eigenvalue weighted by Crippen LogP contribution is 2.33. The Bertz CT molecular complexity index is 1250. The van der Waals surface area contributed by atoms with E-state index in [0.29, 0.717) is 29.4 Å². The Morgan fingerprint density at radius 3 is 2.47 bits per heavy atom.